The van der Waals surface area contributed by atoms with E-state index in [0.29, 0.717) is 23.4 Å². The third-order valence-electron chi connectivity index (χ3n) is 8.06. The number of imide groups is 2. The minimum Gasteiger partial charge on any atom is -0.404 e. The first-order valence-electron chi connectivity index (χ1n) is 14.1. The lowest BCUT2D eigenvalue weighted by Crippen LogP contribution is -2.54. The van der Waals surface area contributed by atoms with Crippen LogP contribution in [0.4, 0.5) is 0 Å². The number of nitrogens with one attached hydrogen (secondary N) is 1. The second-order valence-corrected chi connectivity index (χ2v) is 10.8. The zero-order chi connectivity index (χ0) is 29.2. The summed E-state index contributed by atoms with van der Waals surface area (Å²) in [6.45, 7) is 3.39. The summed E-state index contributed by atoms with van der Waals surface area (Å²) in [6.07, 6.45) is 7.14. The Bertz CT molecular complexity index is 1640. The van der Waals surface area contributed by atoms with E-state index in [0.717, 1.165) is 59.5 Å². The third-order valence-corrected chi connectivity index (χ3v) is 8.06. The monoisotopic (exact) mass is 565 g/mol. The van der Waals surface area contributed by atoms with Crippen LogP contribution in [0.15, 0.2) is 59.9 Å². The SMILES string of the molecule is NC=C(C=NCCCCN1CC(c2ccc3c(c2)C(=O)N(C2CCC(=O)NC2=O)C3=O)C1)c1cnc2ccccc2n1. The molecule has 2 aromatic carbocycles. The summed E-state index contributed by atoms with van der Waals surface area (Å²) in [5.74, 6) is -1.66. The smallest absolute Gasteiger partial charge is 0.262 e. The number of carbonyl (C=O) groups is 4. The fraction of sp³-hybridized carbons (Fsp3) is 0.323. The largest absolute Gasteiger partial charge is 0.404 e. The van der Waals surface area contributed by atoms with Gasteiger partial charge in [0.1, 0.15) is 6.04 Å². The van der Waals surface area contributed by atoms with Crippen LogP contribution >= 0.6 is 0 Å². The number of benzene rings is 2. The molecule has 4 amide bonds. The Labute approximate surface area is 242 Å². The first-order valence-corrected chi connectivity index (χ1v) is 14.1. The molecule has 0 radical (unpaired) electrons. The van der Waals surface area contributed by atoms with Gasteiger partial charge in [-0.25, -0.2) is 4.98 Å². The third kappa shape index (κ3) is 5.30. The van der Waals surface area contributed by atoms with Crippen molar-refractivity contribution in [2.45, 2.75) is 37.6 Å². The Morgan fingerprint density at radius 3 is 2.60 bits per heavy atom. The molecule has 214 valence electrons. The van der Waals surface area contributed by atoms with Gasteiger partial charge in [-0.05, 0) is 55.6 Å². The van der Waals surface area contributed by atoms with Gasteiger partial charge in [-0.15, -0.1) is 0 Å². The van der Waals surface area contributed by atoms with E-state index in [9.17, 15) is 19.2 Å². The molecule has 1 atom stereocenters. The quantitative estimate of drug-likeness (QED) is 0.228. The van der Waals surface area contributed by atoms with E-state index in [-0.39, 0.29) is 24.7 Å². The number of hydrogen-bond acceptors (Lipinski definition) is 9. The van der Waals surface area contributed by atoms with Crippen LogP contribution in [-0.4, -0.2) is 81.8 Å². The molecule has 3 N–H and O–H groups in total. The second-order valence-electron chi connectivity index (χ2n) is 10.8. The van der Waals surface area contributed by atoms with Gasteiger partial charge < -0.3 is 10.6 Å². The molecular weight excluding hydrogens is 534 g/mol. The topological polar surface area (TPSA) is 151 Å². The molecule has 2 fully saturated rings. The molecule has 3 aliphatic rings. The number of carbonyl (C=O) groups excluding carboxylic acids is 4. The maximum Gasteiger partial charge on any atom is 0.262 e. The van der Waals surface area contributed by atoms with Crippen LogP contribution in [0.2, 0.25) is 0 Å². The standard InChI is InChI=1S/C31H31N7O4/c32-14-20(26-16-34-24-5-1-2-6-25(24)35-26)15-33-11-3-4-12-37-17-21(18-37)19-7-8-22-23(13-19)31(42)38(30(22)41)27-9-10-28(39)36-29(27)40/h1-2,5-8,13-16,21,27H,3-4,9-12,17-18,32H2,(H,36,39,40). The Balaban J connectivity index is 0.961. The molecule has 0 bridgehead atoms. The van der Waals surface area contributed by atoms with Crippen LogP contribution in [0.5, 0.6) is 0 Å². The van der Waals surface area contributed by atoms with Crippen molar-refractivity contribution in [2.24, 2.45) is 10.7 Å². The maximum atomic E-state index is 13.1. The number of fused-ring (bicyclic) bond motifs is 2. The van der Waals surface area contributed by atoms with Crippen molar-refractivity contribution in [3.8, 4) is 0 Å². The lowest BCUT2D eigenvalue weighted by atomic mass is 9.89. The summed E-state index contributed by atoms with van der Waals surface area (Å²) in [5.41, 5.74) is 10.5. The van der Waals surface area contributed by atoms with Crippen molar-refractivity contribution < 1.29 is 19.2 Å². The van der Waals surface area contributed by atoms with Crippen molar-refractivity contribution in [2.75, 3.05) is 26.2 Å². The number of allylic oxidation sites excluding steroid dienone is 1. The number of nitrogens with two attached hydrogens (primary N) is 1. The Morgan fingerprint density at radius 1 is 1.02 bits per heavy atom. The molecule has 11 nitrogen and oxygen atoms in total. The van der Waals surface area contributed by atoms with Gasteiger partial charge in [0.15, 0.2) is 0 Å². The highest BCUT2D eigenvalue weighted by Crippen LogP contribution is 2.33. The number of rotatable bonds is 9. The van der Waals surface area contributed by atoms with E-state index in [1.165, 1.54) is 6.20 Å². The van der Waals surface area contributed by atoms with Gasteiger partial charge in [-0.1, -0.05) is 18.2 Å². The summed E-state index contributed by atoms with van der Waals surface area (Å²) in [6, 6.07) is 12.1. The molecule has 0 aliphatic carbocycles. The molecule has 1 unspecified atom stereocenters. The highest BCUT2D eigenvalue weighted by molar-refractivity contribution is 6.23. The summed E-state index contributed by atoms with van der Waals surface area (Å²) in [4.78, 5) is 66.8. The molecule has 1 aromatic heterocycles. The first-order chi connectivity index (χ1) is 20.4. The van der Waals surface area contributed by atoms with Crippen molar-refractivity contribution in [1.82, 2.24) is 25.1 Å². The molecule has 4 heterocycles. The first kappa shape index (κ1) is 27.4. The second kappa shape index (κ2) is 11.6. The Morgan fingerprint density at radius 2 is 1.81 bits per heavy atom. The van der Waals surface area contributed by atoms with E-state index < -0.39 is 23.8 Å². The molecule has 0 saturated carbocycles. The minimum atomic E-state index is -0.952. The number of unbranched alkanes of at least 4 members (excludes halogenated alkanes) is 1. The zero-order valence-electron chi connectivity index (χ0n) is 23.0. The maximum absolute atomic E-state index is 13.1. The molecule has 0 spiro atoms. The van der Waals surface area contributed by atoms with Gasteiger partial charge in [-0.2, -0.15) is 0 Å². The van der Waals surface area contributed by atoms with Crippen LogP contribution < -0.4 is 11.1 Å². The van der Waals surface area contributed by atoms with Gasteiger partial charge in [0, 0.05) is 50.0 Å². The predicted molar refractivity (Wildman–Crippen MR) is 157 cm³/mol. The zero-order valence-corrected chi connectivity index (χ0v) is 23.0. The fourth-order valence-electron chi connectivity index (χ4n) is 5.70. The summed E-state index contributed by atoms with van der Waals surface area (Å²) in [7, 11) is 0. The number of hydrogen-bond donors (Lipinski definition) is 2. The Hall–Kier alpha value is -4.77. The van der Waals surface area contributed by atoms with Crippen LogP contribution in [-0.2, 0) is 9.59 Å². The number of piperidine rings is 1. The normalized spacial score (nSPS) is 20.0. The Kier molecular flexibility index (Phi) is 7.58. The van der Waals surface area contributed by atoms with Crippen LogP contribution in [0, 0.1) is 0 Å². The lowest BCUT2D eigenvalue weighted by molar-refractivity contribution is -0.136. The van der Waals surface area contributed by atoms with Gasteiger partial charge in [0.25, 0.3) is 11.8 Å². The molecule has 3 aliphatic heterocycles. The van der Waals surface area contributed by atoms with Crippen LogP contribution in [0.25, 0.3) is 16.6 Å². The summed E-state index contributed by atoms with van der Waals surface area (Å²) >= 11 is 0. The van der Waals surface area contributed by atoms with E-state index >= 15 is 0 Å². The lowest BCUT2D eigenvalue weighted by Gasteiger charge is -2.39. The molecular formula is C31H31N7O4. The minimum absolute atomic E-state index is 0.103. The number of nitrogens with zero attached hydrogens (tertiary/aromatic N) is 5. The van der Waals surface area contributed by atoms with Crippen molar-refractivity contribution in [1.29, 1.82) is 0 Å². The van der Waals surface area contributed by atoms with Gasteiger partial charge in [0.2, 0.25) is 11.8 Å². The average molecular weight is 566 g/mol. The van der Waals surface area contributed by atoms with E-state index in [4.69, 9.17) is 5.73 Å². The number of amides is 4. The van der Waals surface area contributed by atoms with Crippen molar-refractivity contribution >= 4 is 46.4 Å². The number of aliphatic imine (C=N–C) groups is 1. The summed E-state index contributed by atoms with van der Waals surface area (Å²) < 4.78 is 0. The van der Waals surface area contributed by atoms with Crippen molar-refractivity contribution in [3.63, 3.8) is 0 Å². The van der Waals surface area contributed by atoms with E-state index in [2.05, 4.69) is 25.2 Å². The van der Waals surface area contributed by atoms with Gasteiger partial charge in [0.05, 0.1) is 34.1 Å². The molecule has 42 heavy (non-hydrogen) atoms. The molecule has 6 rings (SSSR count). The van der Waals surface area contributed by atoms with Gasteiger partial charge >= 0.3 is 0 Å². The number of para-hydroxylation sites is 2. The van der Waals surface area contributed by atoms with Crippen LogP contribution in [0.3, 0.4) is 0 Å². The fourth-order valence-corrected chi connectivity index (χ4v) is 5.70. The molecule has 2 saturated heterocycles. The van der Waals surface area contributed by atoms with Crippen molar-refractivity contribution in [3.05, 3.63) is 77.2 Å². The molecule has 3 aromatic rings. The van der Waals surface area contributed by atoms with E-state index in [1.54, 1.807) is 24.5 Å². The average Bonchev–Trinajstić information content (AvgIpc) is 3.22. The van der Waals surface area contributed by atoms with E-state index in [1.807, 2.05) is 30.3 Å². The summed E-state index contributed by atoms with van der Waals surface area (Å²) in [5, 5.41) is 2.22. The predicted octanol–water partition coefficient (Wildman–Crippen LogP) is 2.28. The van der Waals surface area contributed by atoms with Gasteiger partial charge in [-0.3, -0.25) is 39.4 Å². The number of aromatic nitrogens is 2. The molecule has 11 heteroatoms. The number of likely N-dealkylation sites (tertiary alicyclic amines) is 1. The van der Waals surface area contributed by atoms with Crippen LogP contribution in [0.1, 0.15) is 63.6 Å². The highest BCUT2D eigenvalue weighted by atomic mass is 16.2. The highest BCUT2D eigenvalue weighted by Gasteiger charge is 2.45.